The fourth-order valence-electron chi connectivity index (χ4n) is 3.43. The number of halogens is 3. The van der Waals surface area contributed by atoms with Crippen LogP contribution in [0, 0.1) is 0 Å². The number of benzene rings is 1. The number of hydrogen-bond donors (Lipinski definition) is 1. The van der Waals surface area contributed by atoms with Gasteiger partial charge in [0.15, 0.2) is 0 Å². The van der Waals surface area contributed by atoms with E-state index in [9.17, 15) is 18.0 Å². The van der Waals surface area contributed by atoms with Crippen LogP contribution in [0.1, 0.15) is 6.42 Å². The number of para-hydroxylation sites is 1. The van der Waals surface area contributed by atoms with Gasteiger partial charge in [-0.1, -0.05) is 24.8 Å². The van der Waals surface area contributed by atoms with E-state index in [0.29, 0.717) is 35.2 Å². The Morgan fingerprint density at radius 2 is 1.91 bits per heavy atom. The minimum atomic E-state index is -4.94. The number of rotatable bonds is 7. The number of hydrogen-bond acceptors (Lipinski definition) is 8. The Kier molecular flexibility index (Phi) is 6.68. The SMILES string of the molecule is C=CC(=O)N1CC[C@H](Nc2cncc(-c3cnc(N(OC(F)(F)F)c4ccccc4)nc3)n2)C1. The molecule has 9 nitrogen and oxygen atoms in total. The Morgan fingerprint density at radius 1 is 1.18 bits per heavy atom. The minimum absolute atomic E-state index is 0.00558. The van der Waals surface area contributed by atoms with Gasteiger partial charge >= 0.3 is 6.36 Å². The Morgan fingerprint density at radius 3 is 2.59 bits per heavy atom. The van der Waals surface area contributed by atoms with Crippen LogP contribution in [0.25, 0.3) is 11.3 Å². The van der Waals surface area contributed by atoms with Crippen LogP contribution in [0.4, 0.5) is 30.6 Å². The second-order valence-electron chi connectivity index (χ2n) is 7.35. The number of nitrogens with zero attached hydrogens (tertiary/aromatic N) is 6. The lowest BCUT2D eigenvalue weighted by Gasteiger charge is -2.22. The summed E-state index contributed by atoms with van der Waals surface area (Å²) < 4.78 is 38.9. The number of nitrogens with one attached hydrogen (secondary N) is 1. The third-order valence-electron chi connectivity index (χ3n) is 4.96. The molecule has 3 aromatic rings. The lowest BCUT2D eigenvalue weighted by molar-refractivity contribution is -0.325. The lowest BCUT2D eigenvalue weighted by atomic mass is 10.2. The molecule has 3 heterocycles. The molecule has 0 radical (unpaired) electrons. The first-order valence-corrected chi connectivity index (χ1v) is 10.3. The standard InChI is InChI=1S/C22H20F3N7O2/c1-2-20(33)31-9-8-16(14-31)29-19-13-26-12-18(30-19)15-10-27-21(28-11-15)32(34-22(23,24)25)17-6-4-3-5-7-17/h2-7,10-13,16H,1,8-9,14H2,(H,29,30)/t16-/m0/s1. The van der Waals surface area contributed by atoms with Crippen molar-refractivity contribution in [2.24, 2.45) is 0 Å². The lowest BCUT2D eigenvalue weighted by Crippen LogP contribution is -2.30. The zero-order valence-electron chi connectivity index (χ0n) is 17.8. The highest BCUT2D eigenvalue weighted by atomic mass is 19.4. The molecule has 2 aromatic heterocycles. The highest BCUT2D eigenvalue weighted by Crippen LogP contribution is 2.29. The van der Waals surface area contributed by atoms with Gasteiger partial charge in [0.05, 0.1) is 23.8 Å². The van der Waals surface area contributed by atoms with Crippen LogP contribution in [-0.4, -0.2) is 56.2 Å². The van der Waals surface area contributed by atoms with E-state index in [1.165, 1.54) is 36.8 Å². The zero-order chi connectivity index (χ0) is 24.1. The molecule has 34 heavy (non-hydrogen) atoms. The summed E-state index contributed by atoms with van der Waals surface area (Å²) in [5.74, 6) is 0.0682. The first kappa shape index (κ1) is 23.1. The van der Waals surface area contributed by atoms with Crippen LogP contribution < -0.4 is 10.4 Å². The average Bonchev–Trinajstić information content (AvgIpc) is 3.31. The van der Waals surface area contributed by atoms with Gasteiger partial charge in [0.1, 0.15) is 5.82 Å². The van der Waals surface area contributed by atoms with E-state index in [4.69, 9.17) is 0 Å². The number of alkyl halides is 3. The van der Waals surface area contributed by atoms with Crippen LogP contribution in [0.15, 0.2) is 67.8 Å². The summed E-state index contributed by atoms with van der Waals surface area (Å²) in [7, 11) is 0. The van der Waals surface area contributed by atoms with Crippen molar-refractivity contribution in [3.05, 3.63) is 67.8 Å². The Bertz CT molecular complexity index is 1140. The van der Waals surface area contributed by atoms with E-state index in [-0.39, 0.29) is 23.6 Å². The monoisotopic (exact) mass is 471 g/mol. The molecule has 1 saturated heterocycles. The highest BCUT2D eigenvalue weighted by Gasteiger charge is 2.35. The topological polar surface area (TPSA) is 96.4 Å². The molecule has 0 saturated carbocycles. The molecule has 1 aliphatic heterocycles. The minimum Gasteiger partial charge on any atom is -0.364 e. The van der Waals surface area contributed by atoms with Gasteiger partial charge in [-0.05, 0) is 24.6 Å². The van der Waals surface area contributed by atoms with E-state index in [1.807, 2.05) is 0 Å². The highest BCUT2D eigenvalue weighted by molar-refractivity contribution is 5.87. The summed E-state index contributed by atoms with van der Waals surface area (Å²) in [6.45, 7) is 4.63. The molecule has 4 rings (SSSR count). The molecule has 1 atom stereocenters. The van der Waals surface area contributed by atoms with Crippen molar-refractivity contribution in [2.75, 3.05) is 23.5 Å². The second kappa shape index (κ2) is 9.83. The molecule has 1 aromatic carbocycles. The fraction of sp³-hybridized carbons (Fsp3) is 0.227. The summed E-state index contributed by atoms with van der Waals surface area (Å²) in [4.78, 5) is 34.3. The number of anilines is 3. The van der Waals surface area contributed by atoms with Crippen molar-refractivity contribution in [1.29, 1.82) is 0 Å². The Balaban J connectivity index is 1.50. The fourth-order valence-corrected chi connectivity index (χ4v) is 3.43. The maximum absolute atomic E-state index is 13.0. The van der Waals surface area contributed by atoms with Crippen molar-refractivity contribution >= 4 is 23.4 Å². The van der Waals surface area contributed by atoms with Gasteiger partial charge in [-0.2, -0.15) is 9.90 Å². The number of likely N-dealkylation sites (tertiary alicyclic amines) is 1. The first-order valence-electron chi connectivity index (χ1n) is 10.3. The van der Waals surface area contributed by atoms with Crippen LogP contribution in [-0.2, 0) is 9.63 Å². The van der Waals surface area contributed by atoms with Gasteiger partial charge in [0.2, 0.25) is 5.91 Å². The molecule has 1 amide bonds. The van der Waals surface area contributed by atoms with Gasteiger partial charge in [0, 0.05) is 37.1 Å². The average molecular weight is 471 g/mol. The number of carbonyl (C=O) groups is 1. The second-order valence-corrected chi connectivity index (χ2v) is 7.35. The van der Waals surface area contributed by atoms with Gasteiger partial charge in [-0.3, -0.25) is 9.78 Å². The predicted molar refractivity (Wildman–Crippen MR) is 118 cm³/mol. The summed E-state index contributed by atoms with van der Waals surface area (Å²) in [5, 5.41) is 3.74. The number of aromatic nitrogens is 4. The van der Waals surface area contributed by atoms with Crippen molar-refractivity contribution in [1.82, 2.24) is 24.8 Å². The van der Waals surface area contributed by atoms with Crippen molar-refractivity contribution in [3.8, 4) is 11.3 Å². The molecule has 0 spiro atoms. The van der Waals surface area contributed by atoms with Gasteiger partial charge < -0.3 is 10.2 Å². The molecular formula is C22H20F3N7O2. The third kappa shape index (κ3) is 5.64. The Labute approximate surface area is 192 Å². The van der Waals surface area contributed by atoms with Gasteiger partial charge in [-0.25, -0.2) is 15.0 Å². The number of amides is 1. The zero-order valence-corrected chi connectivity index (χ0v) is 17.8. The third-order valence-corrected chi connectivity index (χ3v) is 4.96. The smallest absolute Gasteiger partial charge is 0.364 e. The molecule has 0 bridgehead atoms. The molecule has 1 fully saturated rings. The van der Waals surface area contributed by atoms with Crippen molar-refractivity contribution in [3.63, 3.8) is 0 Å². The summed E-state index contributed by atoms with van der Waals surface area (Å²) in [6, 6.07) is 7.69. The maximum Gasteiger partial charge on any atom is 0.544 e. The summed E-state index contributed by atoms with van der Waals surface area (Å²) in [6.07, 6.45) is 2.81. The summed E-state index contributed by atoms with van der Waals surface area (Å²) in [5.41, 5.74) is 0.991. The van der Waals surface area contributed by atoms with E-state index < -0.39 is 6.36 Å². The maximum atomic E-state index is 13.0. The molecule has 1 aliphatic rings. The van der Waals surface area contributed by atoms with Crippen LogP contribution in [0.5, 0.6) is 0 Å². The molecular weight excluding hydrogens is 451 g/mol. The van der Waals surface area contributed by atoms with E-state index >= 15 is 0 Å². The predicted octanol–water partition coefficient (Wildman–Crippen LogP) is 3.72. The molecule has 12 heteroatoms. The molecule has 0 unspecified atom stereocenters. The van der Waals surface area contributed by atoms with E-state index in [1.54, 1.807) is 29.3 Å². The van der Waals surface area contributed by atoms with Crippen LogP contribution in [0.3, 0.4) is 0 Å². The summed E-state index contributed by atoms with van der Waals surface area (Å²) >= 11 is 0. The van der Waals surface area contributed by atoms with Crippen LogP contribution in [0.2, 0.25) is 0 Å². The van der Waals surface area contributed by atoms with Crippen molar-refractivity contribution < 1.29 is 22.8 Å². The molecule has 0 aliphatic carbocycles. The quantitative estimate of drug-likeness (QED) is 0.412. The van der Waals surface area contributed by atoms with Crippen molar-refractivity contribution in [2.45, 2.75) is 18.8 Å². The van der Waals surface area contributed by atoms with Gasteiger partial charge in [-0.15, -0.1) is 13.2 Å². The number of carbonyl (C=O) groups excluding carboxylic acids is 1. The van der Waals surface area contributed by atoms with Gasteiger partial charge in [0.25, 0.3) is 5.95 Å². The normalized spacial score (nSPS) is 15.7. The Hall–Kier alpha value is -4.06. The first-order chi connectivity index (χ1) is 16.3. The molecule has 176 valence electrons. The van der Waals surface area contributed by atoms with Crippen LogP contribution >= 0.6 is 0 Å². The van der Waals surface area contributed by atoms with E-state index in [2.05, 4.69) is 36.7 Å². The van der Waals surface area contributed by atoms with E-state index in [0.717, 1.165) is 6.42 Å². The molecule has 1 N–H and O–H groups in total. The largest absolute Gasteiger partial charge is 0.544 e.